The Labute approximate surface area is 107 Å². The molecule has 0 aliphatic rings. The van der Waals surface area contributed by atoms with Crippen molar-refractivity contribution in [2.24, 2.45) is 0 Å². The van der Waals surface area contributed by atoms with Crippen LogP contribution < -0.4 is 0 Å². The lowest BCUT2D eigenvalue weighted by Gasteiger charge is -2.14. The summed E-state index contributed by atoms with van der Waals surface area (Å²) < 4.78 is 5.30. The van der Waals surface area contributed by atoms with Crippen molar-refractivity contribution < 1.29 is 9.90 Å². The van der Waals surface area contributed by atoms with Crippen LogP contribution in [0.25, 0.3) is 10.7 Å². The first kappa shape index (κ1) is 12.6. The average molecular weight is 268 g/mol. The highest BCUT2D eigenvalue weighted by molar-refractivity contribution is 7.09. The summed E-state index contributed by atoms with van der Waals surface area (Å²) in [4.78, 5) is 11.6. The minimum absolute atomic E-state index is 0.00187. The molecule has 0 radical (unpaired) electrons. The van der Waals surface area contributed by atoms with Crippen LogP contribution in [0.5, 0.6) is 0 Å². The minimum atomic E-state index is -0.864. The molecule has 0 saturated carbocycles. The SMILES string of the molecule is CCCC(CC(=O)O)n1nnnc1-c1cnns1. The van der Waals surface area contributed by atoms with Gasteiger partial charge in [0.25, 0.3) is 0 Å². The molecule has 0 aromatic carbocycles. The summed E-state index contributed by atoms with van der Waals surface area (Å²) in [6.07, 6.45) is 3.13. The Bertz CT molecular complexity index is 511. The molecule has 0 saturated heterocycles. The van der Waals surface area contributed by atoms with Crippen molar-refractivity contribution in [1.29, 1.82) is 0 Å². The van der Waals surface area contributed by atoms with Gasteiger partial charge in [0.1, 0.15) is 4.88 Å². The summed E-state index contributed by atoms with van der Waals surface area (Å²) in [5.74, 6) is -0.345. The van der Waals surface area contributed by atoms with Crippen LogP contribution in [0.2, 0.25) is 0 Å². The van der Waals surface area contributed by atoms with Gasteiger partial charge in [0.15, 0.2) is 5.82 Å². The molecule has 1 N–H and O–H groups in total. The number of hydrogen-bond acceptors (Lipinski definition) is 7. The first-order valence-corrected chi connectivity index (χ1v) is 6.27. The number of rotatable bonds is 6. The number of carboxylic acid groups (broad SMARTS) is 1. The van der Waals surface area contributed by atoms with Crippen LogP contribution in [0.4, 0.5) is 0 Å². The fraction of sp³-hybridized carbons (Fsp3) is 0.556. The third kappa shape index (κ3) is 2.67. The third-order valence-electron chi connectivity index (χ3n) is 2.45. The van der Waals surface area contributed by atoms with E-state index < -0.39 is 5.97 Å². The van der Waals surface area contributed by atoms with Gasteiger partial charge in [-0.15, -0.1) is 10.2 Å². The Kier molecular flexibility index (Phi) is 3.92. The van der Waals surface area contributed by atoms with Crippen molar-refractivity contribution in [2.45, 2.75) is 32.2 Å². The molecule has 18 heavy (non-hydrogen) atoms. The lowest BCUT2D eigenvalue weighted by molar-refractivity contribution is -0.138. The number of carboxylic acids is 1. The second-order valence-electron chi connectivity index (χ2n) is 3.77. The summed E-state index contributed by atoms with van der Waals surface area (Å²) in [6.45, 7) is 1.99. The van der Waals surface area contributed by atoms with Crippen molar-refractivity contribution in [3.8, 4) is 10.7 Å². The van der Waals surface area contributed by atoms with Crippen molar-refractivity contribution in [3.63, 3.8) is 0 Å². The van der Waals surface area contributed by atoms with Crippen molar-refractivity contribution in [3.05, 3.63) is 6.20 Å². The van der Waals surface area contributed by atoms with Gasteiger partial charge in [-0.2, -0.15) is 0 Å². The van der Waals surface area contributed by atoms with Crippen LogP contribution in [-0.4, -0.2) is 40.9 Å². The molecule has 0 bridgehead atoms. The van der Waals surface area contributed by atoms with E-state index in [4.69, 9.17) is 5.11 Å². The topological polar surface area (TPSA) is 107 Å². The van der Waals surface area contributed by atoms with Crippen molar-refractivity contribution >= 4 is 17.5 Å². The van der Waals surface area contributed by atoms with Crippen molar-refractivity contribution in [2.75, 3.05) is 0 Å². The molecule has 2 aromatic heterocycles. The van der Waals surface area contributed by atoms with Gasteiger partial charge in [-0.05, 0) is 28.4 Å². The standard InChI is InChI=1S/C9H12N6O2S/c1-2-3-6(4-8(16)17)15-9(11-12-13-15)7-5-10-14-18-7/h5-6H,2-4H2,1H3,(H,16,17). The van der Waals surface area contributed by atoms with E-state index in [0.29, 0.717) is 12.2 Å². The van der Waals surface area contributed by atoms with Crippen LogP contribution in [0.15, 0.2) is 6.20 Å². The van der Waals surface area contributed by atoms with Crippen LogP contribution in [0, 0.1) is 0 Å². The highest BCUT2D eigenvalue weighted by atomic mass is 32.1. The highest BCUT2D eigenvalue weighted by Gasteiger charge is 2.21. The zero-order valence-electron chi connectivity index (χ0n) is 9.72. The minimum Gasteiger partial charge on any atom is -0.481 e. The van der Waals surface area contributed by atoms with Gasteiger partial charge in [-0.1, -0.05) is 17.8 Å². The maximum absolute atomic E-state index is 10.9. The lowest BCUT2D eigenvalue weighted by Crippen LogP contribution is -2.16. The van der Waals surface area contributed by atoms with Crippen LogP contribution in [0.1, 0.15) is 32.2 Å². The van der Waals surface area contributed by atoms with E-state index >= 15 is 0 Å². The van der Waals surface area contributed by atoms with E-state index in [-0.39, 0.29) is 12.5 Å². The first-order valence-electron chi connectivity index (χ1n) is 5.49. The Balaban J connectivity index is 2.30. The van der Waals surface area contributed by atoms with E-state index in [1.807, 2.05) is 6.92 Å². The average Bonchev–Trinajstić information content (AvgIpc) is 2.98. The van der Waals surface area contributed by atoms with Gasteiger partial charge >= 0.3 is 5.97 Å². The Morgan fingerprint density at radius 3 is 3.06 bits per heavy atom. The molecule has 1 unspecified atom stereocenters. The zero-order chi connectivity index (χ0) is 13.0. The second-order valence-corrected chi connectivity index (χ2v) is 4.55. The predicted octanol–water partition coefficient (Wildman–Crippen LogP) is 1.01. The van der Waals surface area contributed by atoms with E-state index in [1.54, 1.807) is 10.9 Å². The molecule has 9 heteroatoms. The van der Waals surface area contributed by atoms with Crippen molar-refractivity contribution in [1.82, 2.24) is 29.8 Å². The second kappa shape index (κ2) is 5.63. The first-order chi connectivity index (χ1) is 8.72. The van der Waals surface area contributed by atoms with E-state index in [2.05, 4.69) is 25.1 Å². The maximum Gasteiger partial charge on any atom is 0.305 e. The van der Waals surface area contributed by atoms with Gasteiger partial charge < -0.3 is 5.11 Å². The van der Waals surface area contributed by atoms with E-state index in [1.165, 1.54) is 11.5 Å². The summed E-state index contributed by atoms with van der Waals surface area (Å²) in [7, 11) is 0. The molecule has 0 aliphatic heterocycles. The van der Waals surface area contributed by atoms with E-state index in [0.717, 1.165) is 11.3 Å². The summed E-state index contributed by atoms with van der Waals surface area (Å²) >= 11 is 1.18. The number of tetrazole rings is 1. The molecule has 1 atom stereocenters. The highest BCUT2D eigenvalue weighted by Crippen LogP contribution is 2.25. The van der Waals surface area contributed by atoms with Gasteiger partial charge in [-0.3, -0.25) is 4.79 Å². The van der Waals surface area contributed by atoms with Crippen LogP contribution >= 0.6 is 11.5 Å². The summed E-state index contributed by atoms with van der Waals surface area (Å²) in [6, 6.07) is -0.250. The molecule has 8 nitrogen and oxygen atoms in total. The normalized spacial score (nSPS) is 12.5. The Hall–Kier alpha value is -1.90. The number of hydrogen-bond donors (Lipinski definition) is 1. The molecule has 0 aliphatic carbocycles. The van der Waals surface area contributed by atoms with E-state index in [9.17, 15) is 4.79 Å². The fourth-order valence-electron chi connectivity index (χ4n) is 1.71. The van der Waals surface area contributed by atoms with Gasteiger partial charge in [0.05, 0.1) is 18.7 Å². The molecule has 2 aromatic rings. The van der Waals surface area contributed by atoms with Gasteiger partial charge in [0.2, 0.25) is 0 Å². The van der Waals surface area contributed by atoms with Crippen LogP contribution in [0.3, 0.4) is 0 Å². The molecule has 0 spiro atoms. The zero-order valence-corrected chi connectivity index (χ0v) is 10.5. The molecule has 2 heterocycles. The number of aromatic nitrogens is 6. The Morgan fingerprint density at radius 2 is 2.44 bits per heavy atom. The fourth-order valence-corrected chi connectivity index (χ4v) is 2.21. The smallest absolute Gasteiger partial charge is 0.305 e. The molecular formula is C9H12N6O2S. The largest absolute Gasteiger partial charge is 0.481 e. The van der Waals surface area contributed by atoms with Gasteiger partial charge in [0, 0.05) is 0 Å². The monoisotopic (exact) mass is 268 g/mol. The molecule has 96 valence electrons. The molecular weight excluding hydrogens is 256 g/mol. The summed E-state index contributed by atoms with van der Waals surface area (Å²) in [5, 5.41) is 24.1. The number of aliphatic carboxylic acids is 1. The van der Waals surface area contributed by atoms with Gasteiger partial charge in [-0.25, -0.2) is 4.68 Å². The lowest BCUT2D eigenvalue weighted by atomic mass is 10.1. The van der Waals surface area contributed by atoms with Crippen LogP contribution in [-0.2, 0) is 4.79 Å². The number of nitrogens with zero attached hydrogens (tertiary/aromatic N) is 6. The quantitative estimate of drug-likeness (QED) is 0.832. The maximum atomic E-state index is 10.9. The number of carbonyl (C=O) groups is 1. The Morgan fingerprint density at radius 1 is 1.61 bits per heavy atom. The third-order valence-corrected chi connectivity index (χ3v) is 3.11. The molecule has 0 fully saturated rings. The molecule has 2 rings (SSSR count). The summed E-state index contributed by atoms with van der Waals surface area (Å²) in [5.41, 5.74) is 0. The predicted molar refractivity (Wildman–Crippen MR) is 62.9 cm³/mol. The molecule has 0 amide bonds.